The zero-order valence-corrected chi connectivity index (χ0v) is 13.8. The average Bonchev–Trinajstić information content (AvgIpc) is 2.74. The number of rotatable bonds is 2. The summed E-state index contributed by atoms with van der Waals surface area (Å²) in [5, 5.41) is 0.634. The van der Waals surface area contributed by atoms with Crippen LogP contribution in [0.1, 0.15) is 11.1 Å². The number of benzene rings is 2. The number of hydrogen-bond donors (Lipinski definition) is 0. The molecule has 1 aliphatic heterocycles. The second-order valence-corrected chi connectivity index (χ2v) is 7.35. The van der Waals surface area contributed by atoms with E-state index in [4.69, 9.17) is 11.6 Å². The van der Waals surface area contributed by atoms with Crippen LogP contribution in [0.25, 0.3) is 0 Å². The molecule has 0 amide bonds. The molecule has 0 radical (unpaired) electrons. The van der Waals surface area contributed by atoms with Crippen LogP contribution in [0.3, 0.4) is 0 Å². The molecule has 0 saturated carbocycles. The van der Waals surface area contributed by atoms with Crippen LogP contribution < -0.4 is 4.90 Å². The van der Waals surface area contributed by atoms with E-state index in [9.17, 15) is 8.42 Å². The molecule has 1 aliphatic rings. The van der Waals surface area contributed by atoms with E-state index in [0.717, 1.165) is 16.8 Å². The summed E-state index contributed by atoms with van der Waals surface area (Å²) in [6.07, 6.45) is 0.456. The lowest BCUT2D eigenvalue weighted by molar-refractivity contribution is 0.598. The van der Waals surface area contributed by atoms with Gasteiger partial charge in [-0.3, -0.25) is 0 Å². The maximum absolute atomic E-state index is 12.4. The summed E-state index contributed by atoms with van der Waals surface area (Å²) in [6, 6.07) is 12.2. The number of hydrogen-bond acceptors (Lipinski definition) is 2. The number of fused-ring (bicyclic) bond motifs is 1. The first-order valence-corrected chi connectivity index (χ1v) is 8.61. The summed E-state index contributed by atoms with van der Waals surface area (Å²) in [5.41, 5.74) is 2.92. The predicted molar refractivity (Wildman–Crippen MR) is 89.4 cm³/mol. The second-order valence-electron chi connectivity index (χ2n) is 5.30. The lowest BCUT2D eigenvalue weighted by Crippen LogP contribution is -2.23. The van der Waals surface area contributed by atoms with Gasteiger partial charge in [0.25, 0.3) is 10.0 Å². The van der Waals surface area contributed by atoms with Crippen molar-refractivity contribution < 1.29 is 8.42 Å². The molecule has 0 aromatic heterocycles. The lowest BCUT2D eigenvalue weighted by Gasteiger charge is -2.13. The van der Waals surface area contributed by atoms with Crippen LogP contribution >= 0.6 is 11.6 Å². The molecule has 2 aromatic carbocycles. The molecule has 1 heterocycles. The van der Waals surface area contributed by atoms with Crippen molar-refractivity contribution in [3.63, 3.8) is 0 Å². The molecular weight excluding hydrogens is 320 g/mol. The van der Waals surface area contributed by atoms with Crippen LogP contribution in [0.5, 0.6) is 0 Å². The van der Waals surface area contributed by atoms with Gasteiger partial charge in [0.1, 0.15) is 5.84 Å². The van der Waals surface area contributed by atoms with Gasteiger partial charge in [0.15, 0.2) is 0 Å². The van der Waals surface area contributed by atoms with E-state index < -0.39 is 10.0 Å². The molecule has 0 unspecified atom stereocenters. The van der Waals surface area contributed by atoms with Gasteiger partial charge in [0.05, 0.1) is 4.90 Å². The highest BCUT2D eigenvalue weighted by Crippen LogP contribution is 2.31. The van der Waals surface area contributed by atoms with Crippen molar-refractivity contribution in [2.24, 2.45) is 4.40 Å². The first kappa shape index (κ1) is 15.1. The smallest absolute Gasteiger partial charge is 0.283 e. The Labute approximate surface area is 135 Å². The van der Waals surface area contributed by atoms with Gasteiger partial charge in [0.2, 0.25) is 0 Å². The lowest BCUT2D eigenvalue weighted by atomic mass is 10.2. The van der Waals surface area contributed by atoms with Gasteiger partial charge in [-0.25, -0.2) is 0 Å². The first-order chi connectivity index (χ1) is 10.4. The molecule has 4 nitrogen and oxygen atoms in total. The van der Waals surface area contributed by atoms with Crippen LogP contribution in [0.15, 0.2) is 51.8 Å². The summed E-state index contributed by atoms with van der Waals surface area (Å²) >= 11 is 5.99. The van der Waals surface area contributed by atoms with E-state index in [1.54, 1.807) is 35.2 Å². The molecule has 0 atom stereocenters. The van der Waals surface area contributed by atoms with Crippen molar-refractivity contribution in [2.75, 3.05) is 11.9 Å². The standard InChI is InChI=1S/C16H15ClN2O2S/c1-11-3-6-14(7-4-11)22(20,21)18-16-10-12-9-13(17)5-8-15(12)19(16)2/h3-9H,10H2,1-2H3. The highest BCUT2D eigenvalue weighted by Gasteiger charge is 2.25. The fraction of sp³-hybridized carbons (Fsp3) is 0.188. The molecule has 0 spiro atoms. The van der Waals surface area contributed by atoms with Gasteiger partial charge in [-0.2, -0.15) is 8.42 Å². The molecule has 0 bridgehead atoms. The molecule has 114 valence electrons. The van der Waals surface area contributed by atoms with Gasteiger partial charge in [-0.1, -0.05) is 29.3 Å². The second kappa shape index (κ2) is 5.41. The molecular formula is C16H15ClN2O2S. The summed E-state index contributed by atoms with van der Waals surface area (Å²) in [5.74, 6) is 0.498. The molecule has 0 aliphatic carbocycles. The van der Waals surface area contributed by atoms with E-state index in [2.05, 4.69) is 4.40 Å². The third-order valence-corrected chi connectivity index (χ3v) is 5.24. The monoisotopic (exact) mass is 334 g/mol. The number of halogens is 1. The van der Waals surface area contributed by atoms with E-state index in [-0.39, 0.29) is 4.90 Å². The van der Waals surface area contributed by atoms with Crippen LogP contribution in [-0.2, 0) is 16.4 Å². The maximum Gasteiger partial charge on any atom is 0.283 e. The minimum Gasteiger partial charge on any atom is -0.332 e. The molecule has 2 aromatic rings. The molecule has 0 N–H and O–H groups in total. The van der Waals surface area contributed by atoms with Gasteiger partial charge in [-0.05, 0) is 42.8 Å². The van der Waals surface area contributed by atoms with Crippen LogP contribution in [-0.4, -0.2) is 21.3 Å². The zero-order chi connectivity index (χ0) is 15.9. The highest BCUT2D eigenvalue weighted by atomic mass is 35.5. The Bertz CT molecular complexity index is 858. The summed E-state index contributed by atoms with van der Waals surface area (Å²) in [7, 11) is -1.90. The number of sulfonamides is 1. The van der Waals surface area contributed by atoms with Crippen LogP contribution in [0.2, 0.25) is 5.02 Å². The predicted octanol–water partition coefficient (Wildman–Crippen LogP) is 3.43. The molecule has 22 heavy (non-hydrogen) atoms. The number of aryl methyl sites for hydroxylation is 1. The number of anilines is 1. The Morgan fingerprint density at radius 3 is 2.50 bits per heavy atom. The number of amidine groups is 1. The Balaban J connectivity index is 1.98. The van der Waals surface area contributed by atoms with E-state index in [0.29, 0.717) is 17.3 Å². The minimum atomic E-state index is -3.71. The van der Waals surface area contributed by atoms with Crippen molar-refractivity contribution in [3.8, 4) is 0 Å². The molecule has 0 fully saturated rings. The zero-order valence-electron chi connectivity index (χ0n) is 12.2. The fourth-order valence-corrected chi connectivity index (χ4v) is 3.69. The van der Waals surface area contributed by atoms with Crippen molar-refractivity contribution >= 4 is 33.1 Å². The summed E-state index contributed by atoms with van der Waals surface area (Å²) in [4.78, 5) is 1.99. The van der Waals surface area contributed by atoms with Gasteiger partial charge in [-0.15, -0.1) is 4.40 Å². The molecule has 3 rings (SSSR count). The maximum atomic E-state index is 12.4. The number of likely N-dealkylation sites (N-methyl/N-ethyl adjacent to an activating group) is 1. The van der Waals surface area contributed by atoms with E-state index in [1.165, 1.54) is 0 Å². The Kier molecular flexibility index (Phi) is 3.70. The highest BCUT2D eigenvalue weighted by molar-refractivity contribution is 7.90. The average molecular weight is 335 g/mol. The molecule has 6 heteroatoms. The Morgan fingerprint density at radius 2 is 1.82 bits per heavy atom. The van der Waals surface area contributed by atoms with Gasteiger partial charge in [0, 0.05) is 24.2 Å². The van der Waals surface area contributed by atoms with Gasteiger partial charge < -0.3 is 4.90 Å². The third kappa shape index (κ3) is 2.74. The largest absolute Gasteiger partial charge is 0.332 e. The van der Waals surface area contributed by atoms with Crippen molar-refractivity contribution in [2.45, 2.75) is 18.2 Å². The SMILES string of the molecule is Cc1ccc(S(=O)(=O)N=C2Cc3cc(Cl)ccc3N2C)cc1. The van der Waals surface area contributed by atoms with E-state index in [1.807, 2.05) is 26.1 Å². The van der Waals surface area contributed by atoms with Crippen LogP contribution in [0, 0.1) is 6.92 Å². The number of nitrogens with zero attached hydrogens (tertiary/aromatic N) is 2. The van der Waals surface area contributed by atoms with Gasteiger partial charge >= 0.3 is 0 Å². The Hall–Kier alpha value is -1.85. The summed E-state index contributed by atoms with van der Waals surface area (Å²) < 4.78 is 28.9. The minimum absolute atomic E-state index is 0.202. The van der Waals surface area contributed by atoms with Crippen molar-refractivity contribution in [3.05, 3.63) is 58.6 Å². The Morgan fingerprint density at radius 1 is 1.14 bits per heavy atom. The van der Waals surface area contributed by atoms with Crippen LogP contribution in [0.4, 0.5) is 5.69 Å². The van der Waals surface area contributed by atoms with E-state index >= 15 is 0 Å². The fourth-order valence-electron chi connectivity index (χ4n) is 2.45. The quantitative estimate of drug-likeness (QED) is 0.845. The third-order valence-electron chi connectivity index (χ3n) is 3.68. The van der Waals surface area contributed by atoms with Crippen molar-refractivity contribution in [1.82, 2.24) is 0 Å². The topological polar surface area (TPSA) is 49.7 Å². The summed E-state index contributed by atoms with van der Waals surface area (Å²) in [6.45, 7) is 1.91. The normalized spacial score (nSPS) is 16.1. The first-order valence-electron chi connectivity index (χ1n) is 6.79. The van der Waals surface area contributed by atoms with Crippen molar-refractivity contribution in [1.29, 1.82) is 0 Å². The molecule has 0 saturated heterocycles.